The molecule has 1 saturated heterocycles. The third-order valence-electron chi connectivity index (χ3n) is 3.20. The fourth-order valence-electron chi connectivity index (χ4n) is 2.31. The number of hydrogen-bond donors (Lipinski definition) is 1. The van der Waals surface area contributed by atoms with Crippen molar-refractivity contribution in [3.05, 3.63) is 0 Å². The highest BCUT2D eigenvalue weighted by atomic mass is 32.2. The number of thioether (sulfide) groups is 1. The molecule has 2 heteroatoms. The summed E-state index contributed by atoms with van der Waals surface area (Å²) in [4.78, 5) is 0. The minimum Gasteiger partial charge on any atom is -0.313 e. The molecule has 0 spiro atoms. The van der Waals surface area contributed by atoms with E-state index in [1.54, 1.807) is 0 Å². The van der Waals surface area contributed by atoms with Crippen LogP contribution in [-0.4, -0.2) is 23.1 Å². The summed E-state index contributed by atoms with van der Waals surface area (Å²) in [6.45, 7) is 8.18. The lowest BCUT2D eigenvalue weighted by Crippen LogP contribution is -2.45. The van der Waals surface area contributed by atoms with E-state index in [4.69, 9.17) is 0 Å². The van der Waals surface area contributed by atoms with Gasteiger partial charge >= 0.3 is 0 Å². The van der Waals surface area contributed by atoms with Gasteiger partial charge in [0.05, 0.1) is 0 Å². The smallest absolute Gasteiger partial charge is 0.0285 e. The molecule has 1 rings (SSSR count). The van der Waals surface area contributed by atoms with Gasteiger partial charge < -0.3 is 5.32 Å². The van der Waals surface area contributed by atoms with Crippen LogP contribution in [0.15, 0.2) is 0 Å². The molecule has 1 heterocycles. The van der Waals surface area contributed by atoms with Crippen LogP contribution in [0.4, 0.5) is 0 Å². The third kappa shape index (κ3) is 3.16. The van der Waals surface area contributed by atoms with Gasteiger partial charge in [0.25, 0.3) is 0 Å². The minimum atomic E-state index is 0.519. The molecule has 0 aromatic heterocycles. The van der Waals surface area contributed by atoms with E-state index in [9.17, 15) is 0 Å². The van der Waals surface area contributed by atoms with Crippen LogP contribution >= 0.6 is 11.8 Å². The topological polar surface area (TPSA) is 12.0 Å². The van der Waals surface area contributed by atoms with Crippen molar-refractivity contribution in [2.24, 2.45) is 0 Å². The fraction of sp³-hybridized carbons (Fsp3) is 1.00. The van der Waals surface area contributed by atoms with Crippen molar-refractivity contribution >= 4 is 11.8 Å². The van der Waals surface area contributed by atoms with Gasteiger partial charge in [-0.25, -0.2) is 0 Å². The summed E-state index contributed by atoms with van der Waals surface area (Å²) in [6, 6.07) is 0.736. The first-order chi connectivity index (χ1) is 6.73. The molecule has 0 bridgehead atoms. The lowest BCUT2D eigenvalue weighted by Gasteiger charge is -2.34. The Morgan fingerprint density at radius 2 is 2.14 bits per heavy atom. The van der Waals surface area contributed by atoms with Crippen LogP contribution in [-0.2, 0) is 0 Å². The van der Waals surface area contributed by atoms with Gasteiger partial charge in [-0.15, -0.1) is 0 Å². The summed E-state index contributed by atoms with van der Waals surface area (Å²) < 4.78 is 0.519. The van der Waals surface area contributed by atoms with E-state index < -0.39 is 0 Å². The molecule has 0 saturated carbocycles. The molecule has 1 aliphatic rings. The van der Waals surface area contributed by atoms with E-state index in [2.05, 4.69) is 37.8 Å². The van der Waals surface area contributed by atoms with Crippen LogP contribution in [0.2, 0.25) is 0 Å². The number of rotatable bonds is 6. The van der Waals surface area contributed by atoms with Gasteiger partial charge in [0.1, 0.15) is 0 Å². The molecular formula is C12H25NS. The minimum absolute atomic E-state index is 0.519. The molecule has 1 aliphatic heterocycles. The maximum atomic E-state index is 3.73. The molecule has 0 aliphatic carbocycles. The van der Waals surface area contributed by atoms with Gasteiger partial charge in [-0.2, -0.15) is 11.8 Å². The zero-order valence-corrected chi connectivity index (χ0v) is 10.8. The lowest BCUT2D eigenvalue weighted by molar-refractivity contribution is 0.378. The summed E-state index contributed by atoms with van der Waals surface area (Å²) in [6.07, 6.45) is 6.70. The van der Waals surface area contributed by atoms with Crippen molar-refractivity contribution in [1.82, 2.24) is 5.32 Å². The second kappa shape index (κ2) is 6.02. The van der Waals surface area contributed by atoms with E-state index in [1.807, 2.05) is 0 Å². The Labute approximate surface area is 93.4 Å². The highest BCUT2D eigenvalue weighted by Gasteiger charge is 2.36. The maximum absolute atomic E-state index is 3.73. The SMILES string of the molecule is CCCNC(CCC)C1(C)CCCS1. The Balaban J connectivity index is 2.46. The molecule has 14 heavy (non-hydrogen) atoms. The van der Waals surface area contributed by atoms with Crippen LogP contribution in [0, 0.1) is 0 Å². The third-order valence-corrected chi connectivity index (χ3v) is 4.85. The van der Waals surface area contributed by atoms with Crippen molar-refractivity contribution in [3.8, 4) is 0 Å². The first-order valence-electron chi connectivity index (χ1n) is 6.10. The first-order valence-corrected chi connectivity index (χ1v) is 7.09. The van der Waals surface area contributed by atoms with Gasteiger partial charge in [0, 0.05) is 10.8 Å². The van der Waals surface area contributed by atoms with Crippen molar-refractivity contribution in [2.45, 2.75) is 63.7 Å². The highest BCUT2D eigenvalue weighted by molar-refractivity contribution is 8.00. The molecule has 0 radical (unpaired) electrons. The number of hydrogen-bond acceptors (Lipinski definition) is 2. The van der Waals surface area contributed by atoms with Gasteiger partial charge in [-0.1, -0.05) is 20.3 Å². The summed E-state index contributed by atoms with van der Waals surface area (Å²) in [7, 11) is 0. The summed E-state index contributed by atoms with van der Waals surface area (Å²) >= 11 is 2.18. The molecule has 84 valence electrons. The van der Waals surface area contributed by atoms with Gasteiger partial charge in [0.15, 0.2) is 0 Å². The molecule has 0 aromatic rings. The Morgan fingerprint density at radius 1 is 1.36 bits per heavy atom. The van der Waals surface area contributed by atoms with Gasteiger partial charge in [-0.05, 0) is 44.9 Å². The Morgan fingerprint density at radius 3 is 2.64 bits per heavy atom. The van der Waals surface area contributed by atoms with Gasteiger partial charge in [-0.3, -0.25) is 0 Å². The molecule has 1 nitrogen and oxygen atoms in total. The molecular weight excluding hydrogens is 190 g/mol. The monoisotopic (exact) mass is 215 g/mol. The fourth-order valence-corrected chi connectivity index (χ4v) is 3.75. The molecule has 0 amide bonds. The Bertz CT molecular complexity index is 152. The van der Waals surface area contributed by atoms with Crippen LogP contribution in [0.1, 0.15) is 52.9 Å². The van der Waals surface area contributed by atoms with Crippen LogP contribution in [0.3, 0.4) is 0 Å². The predicted molar refractivity (Wildman–Crippen MR) is 67.1 cm³/mol. The number of nitrogens with one attached hydrogen (secondary N) is 1. The zero-order chi connectivity index (χ0) is 10.4. The molecule has 0 aromatic carbocycles. The zero-order valence-electron chi connectivity index (χ0n) is 9.94. The Hall–Kier alpha value is 0.310. The molecule has 1 N–H and O–H groups in total. The molecule has 2 unspecified atom stereocenters. The Kier molecular flexibility index (Phi) is 5.32. The predicted octanol–water partition coefficient (Wildman–Crippen LogP) is 3.44. The van der Waals surface area contributed by atoms with Crippen molar-refractivity contribution in [3.63, 3.8) is 0 Å². The first kappa shape index (κ1) is 12.4. The average molecular weight is 215 g/mol. The van der Waals surface area contributed by atoms with Crippen molar-refractivity contribution in [1.29, 1.82) is 0 Å². The van der Waals surface area contributed by atoms with Crippen LogP contribution in [0.25, 0.3) is 0 Å². The summed E-state index contributed by atoms with van der Waals surface area (Å²) in [5.74, 6) is 1.37. The highest BCUT2D eigenvalue weighted by Crippen LogP contribution is 2.41. The summed E-state index contributed by atoms with van der Waals surface area (Å²) in [5.41, 5.74) is 0. The largest absolute Gasteiger partial charge is 0.313 e. The standard InChI is InChI=1S/C12H25NS/c1-4-7-11(13-9-5-2)12(3)8-6-10-14-12/h11,13H,4-10H2,1-3H3. The average Bonchev–Trinajstić information content (AvgIpc) is 2.60. The maximum Gasteiger partial charge on any atom is 0.0285 e. The molecule has 2 atom stereocenters. The van der Waals surface area contributed by atoms with E-state index in [0.29, 0.717) is 4.75 Å². The molecule has 1 fully saturated rings. The van der Waals surface area contributed by atoms with Crippen molar-refractivity contribution < 1.29 is 0 Å². The van der Waals surface area contributed by atoms with E-state index in [-0.39, 0.29) is 0 Å². The normalized spacial score (nSPS) is 29.4. The van der Waals surface area contributed by atoms with E-state index >= 15 is 0 Å². The van der Waals surface area contributed by atoms with E-state index in [1.165, 1.54) is 44.4 Å². The van der Waals surface area contributed by atoms with Gasteiger partial charge in [0.2, 0.25) is 0 Å². The second-order valence-electron chi connectivity index (χ2n) is 4.56. The summed E-state index contributed by atoms with van der Waals surface area (Å²) in [5, 5.41) is 3.73. The van der Waals surface area contributed by atoms with E-state index in [0.717, 1.165) is 6.04 Å². The quantitative estimate of drug-likeness (QED) is 0.728. The second-order valence-corrected chi connectivity index (χ2v) is 6.19. The van der Waals surface area contributed by atoms with Crippen LogP contribution < -0.4 is 5.32 Å². The van der Waals surface area contributed by atoms with Crippen molar-refractivity contribution in [2.75, 3.05) is 12.3 Å². The lowest BCUT2D eigenvalue weighted by atomic mass is 9.92. The van der Waals surface area contributed by atoms with Crippen LogP contribution in [0.5, 0.6) is 0 Å².